The minimum Gasteiger partial charge on any atom is -0.497 e. The Kier molecular flexibility index (Phi) is 5.67. The van der Waals surface area contributed by atoms with Crippen molar-refractivity contribution in [2.24, 2.45) is 13.0 Å². The van der Waals surface area contributed by atoms with Crippen molar-refractivity contribution in [3.05, 3.63) is 52.8 Å². The summed E-state index contributed by atoms with van der Waals surface area (Å²) in [5, 5.41) is 3.02. The summed E-state index contributed by atoms with van der Waals surface area (Å²) in [4.78, 5) is 14.9. The number of nitrogens with one attached hydrogen (secondary N) is 1. The maximum atomic E-state index is 12.5. The molecule has 140 valence electrons. The zero-order valence-electron chi connectivity index (χ0n) is 16.2. The number of hydrogen-bond donors (Lipinski definition) is 1. The third-order valence-electron chi connectivity index (χ3n) is 4.95. The molecule has 1 aliphatic rings. The van der Waals surface area contributed by atoms with Crippen LogP contribution in [0.3, 0.4) is 0 Å². The highest BCUT2D eigenvalue weighted by Gasteiger charge is 2.23. The van der Waals surface area contributed by atoms with Crippen LogP contribution < -0.4 is 10.1 Å². The fourth-order valence-corrected chi connectivity index (χ4v) is 3.52. The van der Waals surface area contributed by atoms with Gasteiger partial charge < -0.3 is 14.6 Å². The van der Waals surface area contributed by atoms with Crippen LogP contribution in [0.15, 0.2) is 30.3 Å². The van der Waals surface area contributed by atoms with Gasteiger partial charge in [0.15, 0.2) is 0 Å². The first-order valence-corrected chi connectivity index (χ1v) is 9.29. The monoisotopic (exact) mass is 355 g/mol. The molecule has 5 heteroatoms. The number of aromatic nitrogens is 1. The number of carbonyl (C=O) groups excluding carboxylic acids is 1. The Hall–Kier alpha value is -2.27. The summed E-state index contributed by atoms with van der Waals surface area (Å²) in [7, 11) is 3.70. The van der Waals surface area contributed by atoms with Gasteiger partial charge >= 0.3 is 0 Å². The van der Waals surface area contributed by atoms with Gasteiger partial charge in [0, 0.05) is 45.3 Å². The first kappa shape index (κ1) is 18.5. The molecular formula is C21H29N3O2. The Morgan fingerprint density at radius 2 is 2.12 bits per heavy atom. The van der Waals surface area contributed by atoms with Crippen molar-refractivity contribution >= 4 is 5.91 Å². The van der Waals surface area contributed by atoms with E-state index in [-0.39, 0.29) is 5.91 Å². The molecule has 0 radical (unpaired) electrons. The van der Waals surface area contributed by atoms with Gasteiger partial charge in [0.1, 0.15) is 11.4 Å². The molecule has 26 heavy (non-hydrogen) atoms. The van der Waals surface area contributed by atoms with Crippen molar-refractivity contribution in [2.45, 2.75) is 33.4 Å². The predicted molar refractivity (Wildman–Crippen MR) is 103 cm³/mol. The fraction of sp³-hybridized carbons (Fsp3) is 0.476. The van der Waals surface area contributed by atoms with E-state index in [1.807, 2.05) is 19.2 Å². The third kappa shape index (κ3) is 4.10. The summed E-state index contributed by atoms with van der Waals surface area (Å²) in [5.74, 6) is 1.37. The lowest BCUT2D eigenvalue weighted by Gasteiger charge is -2.27. The van der Waals surface area contributed by atoms with E-state index in [1.165, 1.54) is 16.8 Å². The second-order valence-electron chi connectivity index (χ2n) is 7.48. The van der Waals surface area contributed by atoms with Crippen LogP contribution in [0.1, 0.15) is 41.2 Å². The van der Waals surface area contributed by atoms with Gasteiger partial charge in [-0.3, -0.25) is 9.69 Å². The summed E-state index contributed by atoms with van der Waals surface area (Å²) in [6, 6.07) is 10.3. The lowest BCUT2D eigenvalue weighted by Crippen LogP contribution is -2.31. The second kappa shape index (κ2) is 7.96. The maximum absolute atomic E-state index is 12.5. The zero-order chi connectivity index (χ0) is 18.7. The predicted octanol–water partition coefficient (Wildman–Crippen LogP) is 2.98. The zero-order valence-corrected chi connectivity index (χ0v) is 16.2. The molecule has 0 saturated carbocycles. The molecule has 1 N–H and O–H groups in total. The average Bonchev–Trinajstić information content (AvgIpc) is 2.96. The van der Waals surface area contributed by atoms with Gasteiger partial charge in [-0.2, -0.15) is 0 Å². The molecule has 2 heterocycles. The molecule has 1 aliphatic heterocycles. The highest BCUT2D eigenvalue weighted by molar-refractivity contribution is 5.93. The lowest BCUT2D eigenvalue weighted by atomic mass is 10.1. The van der Waals surface area contributed by atoms with Gasteiger partial charge in [-0.05, 0) is 35.2 Å². The van der Waals surface area contributed by atoms with Crippen LogP contribution in [-0.4, -0.2) is 35.6 Å². The van der Waals surface area contributed by atoms with E-state index in [9.17, 15) is 4.79 Å². The molecule has 1 aromatic heterocycles. The summed E-state index contributed by atoms with van der Waals surface area (Å²) in [5.41, 5.74) is 4.55. The highest BCUT2D eigenvalue weighted by Crippen LogP contribution is 2.24. The standard InChI is InChI=1S/C21H29N3O2/c1-15(2)12-22-21(25)20-11-17-14-24(9-8-19(17)23(20)3)13-16-6-5-7-18(10-16)26-4/h5-7,10-11,15H,8-9,12-14H2,1-4H3,(H,22,25). The van der Waals surface area contributed by atoms with E-state index in [2.05, 4.69) is 46.8 Å². The second-order valence-corrected chi connectivity index (χ2v) is 7.48. The van der Waals surface area contributed by atoms with Gasteiger partial charge in [0.25, 0.3) is 5.91 Å². The topological polar surface area (TPSA) is 46.5 Å². The van der Waals surface area contributed by atoms with Crippen molar-refractivity contribution in [2.75, 3.05) is 20.2 Å². The first-order chi connectivity index (χ1) is 12.5. The molecule has 2 aromatic rings. The molecule has 5 nitrogen and oxygen atoms in total. The fourth-order valence-electron chi connectivity index (χ4n) is 3.52. The molecule has 0 bridgehead atoms. The largest absolute Gasteiger partial charge is 0.497 e. The van der Waals surface area contributed by atoms with Crippen LogP contribution in [0.2, 0.25) is 0 Å². The molecule has 0 aliphatic carbocycles. The van der Waals surface area contributed by atoms with Crippen molar-refractivity contribution in [1.29, 1.82) is 0 Å². The minimum atomic E-state index is 0.0231. The van der Waals surface area contributed by atoms with Crippen LogP contribution >= 0.6 is 0 Å². The van der Waals surface area contributed by atoms with Crippen LogP contribution in [0.4, 0.5) is 0 Å². The highest BCUT2D eigenvalue weighted by atomic mass is 16.5. The molecule has 1 amide bonds. The number of ether oxygens (including phenoxy) is 1. The number of hydrogen-bond acceptors (Lipinski definition) is 3. The molecule has 3 rings (SSSR count). The van der Waals surface area contributed by atoms with Gasteiger partial charge in [-0.15, -0.1) is 0 Å². The molecule has 1 aromatic carbocycles. The van der Waals surface area contributed by atoms with Crippen molar-refractivity contribution in [3.63, 3.8) is 0 Å². The van der Waals surface area contributed by atoms with E-state index in [0.717, 1.165) is 37.5 Å². The third-order valence-corrected chi connectivity index (χ3v) is 4.95. The van der Waals surface area contributed by atoms with Gasteiger partial charge in [-0.25, -0.2) is 0 Å². The molecular weight excluding hydrogens is 326 g/mol. The molecule has 0 unspecified atom stereocenters. The SMILES string of the molecule is COc1cccc(CN2CCc3c(cc(C(=O)NCC(C)C)n3C)C2)c1. The summed E-state index contributed by atoms with van der Waals surface area (Å²) in [6.45, 7) is 7.67. The van der Waals surface area contributed by atoms with Crippen LogP contribution in [-0.2, 0) is 26.6 Å². The van der Waals surface area contributed by atoms with Crippen LogP contribution in [0.5, 0.6) is 5.75 Å². The van der Waals surface area contributed by atoms with Crippen LogP contribution in [0.25, 0.3) is 0 Å². The smallest absolute Gasteiger partial charge is 0.267 e. The normalized spacial score (nSPS) is 14.3. The number of benzene rings is 1. The Bertz CT molecular complexity index is 780. The molecule has 0 spiro atoms. The summed E-state index contributed by atoms with van der Waals surface area (Å²) < 4.78 is 7.38. The number of amides is 1. The number of nitrogens with zero attached hydrogens (tertiary/aromatic N) is 2. The lowest BCUT2D eigenvalue weighted by molar-refractivity contribution is 0.0940. The van der Waals surface area contributed by atoms with E-state index >= 15 is 0 Å². The van der Waals surface area contributed by atoms with Crippen molar-refractivity contribution in [3.8, 4) is 5.75 Å². The Morgan fingerprint density at radius 3 is 2.85 bits per heavy atom. The van der Waals surface area contributed by atoms with E-state index in [1.54, 1.807) is 7.11 Å². The van der Waals surface area contributed by atoms with Crippen LogP contribution in [0, 0.1) is 5.92 Å². The average molecular weight is 355 g/mol. The number of fused-ring (bicyclic) bond motifs is 1. The quantitative estimate of drug-likeness (QED) is 0.866. The molecule has 0 fully saturated rings. The van der Waals surface area contributed by atoms with E-state index in [4.69, 9.17) is 4.74 Å². The number of rotatable bonds is 6. The number of methoxy groups -OCH3 is 1. The number of carbonyl (C=O) groups is 1. The van der Waals surface area contributed by atoms with Gasteiger partial charge in [0.05, 0.1) is 7.11 Å². The molecule has 0 atom stereocenters. The Morgan fingerprint density at radius 1 is 1.31 bits per heavy atom. The summed E-state index contributed by atoms with van der Waals surface area (Å²) in [6.07, 6.45) is 0.966. The van der Waals surface area contributed by atoms with Gasteiger partial charge in [0.2, 0.25) is 0 Å². The van der Waals surface area contributed by atoms with E-state index < -0.39 is 0 Å². The van der Waals surface area contributed by atoms with Gasteiger partial charge in [-0.1, -0.05) is 26.0 Å². The maximum Gasteiger partial charge on any atom is 0.267 e. The summed E-state index contributed by atoms with van der Waals surface area (Å²) >= 11 is 0. The first-order valence-electron chi connectivity index (χ1n) is 9.29. The van der Waals surface area contributed by atoms with E-state index in [0.29, 0.717) is 12.5 Å². The molecule has 0 saturated heterocycles. The van der Waals surface area contributed by atoms with Crippen molar-refractivity contribution < 1.29 is 9.53 Å². The van der Waals surface area contributed by atoms with Crippen molar-refractivity contribution in [1.82, 2.24) is 14.8 Å². The Labute approximate surface area is 156 Å². The minimum absolute atomic E-state index is 0.0231. The Balaban J connectivity index is 1.70.